The third-order valence-corrected chi connectivity index (χ3v) is 7.41. The van der Waals surface area contributed by atoms with E-state index in [4.69, 9.17) is 4.74 Å². The first kappa shape index (κ1) is 27.3. The van der Waals surface area contributed by atoms with Crippen molar-refractivity contribution in [3.63, 3.8) is 0 Å². The minimum atomic E-state index is -4.45. The second kappa shape index (κ2) is 11.4. The van der Waals surface area contributed by atoms with Crippen LogP contribution in [0.3, 0.4) is 0 Å². The van der Waals surface area contributed by atoms with E-state index in [2.05, 4.69) is 20.3 Å². The topological polar surface area (TPSA) is 72.3 Å². The number of hydrogen-bond acceptors (Lipinski definition) is 5. The number of halogens is 4. The van der Waals surface area contributed by atoms with Crippen LogP contribution in [0, 0.1) is 0 Å². The summed E-state index contributed by atoms with van der Waals surface area (Å²) in [5, 5.41) is 7.10. The van der Waals surface area contributed by atoms with Gasteiger partial charge in [0, 0.05) is 57.1 Å². The highest BCUT2D eigenvalue weighted by atomic mass is 19.4. The summed E-state index contributed by atoms with van der Waals surface area (Å²) >= 11 is 0. The molecule has 1 aliphatic heterocycles. The summed E-state index contributed by atoms with van der Waals surface area (Å²) in [6.07, 6.45) is 1.15. The first-order valence-electron chi connectivity index (χ1n) is 12.9. The number of aromatic nitrogens is 3. The van der Waals surface area contributed by atoms with E-state index in [9.17, 15) is 18.0 Å². The molecule has 1 N–H and O–H groups in total. The first-order chi connectivity index (χ1) is 17.5. The quantitative estimate of drug-likeness (QED) is 0.529. The molecule has 2 aromatic rings. The molecule has 1 saturated carbocycles. The average Bonchev–Trinajstić information content (AvgIpc) is 3.13. The van der Waals surface area contributed by atoms with Crippen LogP contribution in [0.2, 0.25) is 0 Å². The molecule has 4 rings (SSSR count). The zero-order valence-electron chi connectivity index (χ0n) is 21.4. The van der Waals surface area contributed by atoms with Crippen LogP contribution in [0.5, 0.6) is 5.88 Å². The fourth-order valence-corrected chi connectivity index (χ4v) is 5.06. The van der Waals surface area contributed by atoms with Gasteiger partial charge in [-0.1, -0.05) is 6.07 Å². The molecule has 0 radical (unpaired) electrons. The Morgan fingerprint density at radius 3 is 2.65 bits per heavy atom. The molecule has 2 aliphatic rings. The molecule has 3 heterocycles. The molecule has 0 spiro atoms. The predicted octanol–water partition coefficient (Wildman–Crippen LogP) is 3.95. The van der Waals surface area contributed by atoms with Gasteiger partial charge in [0.05, 0.1) is 12.6 Å². The van der Waals surface area contributed by atoms with Gasteiger partial charge in [0.25, 0.3) is 0 Å². The summed E-state index contributed by atoms with van der Waals surface area (Å²) in [5.74, 6) is -0.0902. The third-order valence-electron chi connectivity index (χ3n) is 7.41. The normalized spacial score (nSPS) is 23.7. The largest absolute Gasteiger partial charge is 0.465 e. The molecule has 11 heteroatoms. The van der Waals surface area contributed by atoms with Crippen LogP contribution in [0.4, 0.5) is 17.6 Å². The Morgan fingerprint density at radius 1 is 1.24 bits per heavy atom. The molecule has 7 nitrogen and oxygen atoms in total. The fraction of sp³-hybridized carbons (Fsp3) is 0.654. The lowest BCUT2D eigenvalue weighted by atomic mass is 9.81. The third kappa shape index (κ3) is 7.66. The van der Waals surface area contributed by atoms with E-state index in [1.165, 1.54) is 6.07 Å². The number of aryl methyl sites for hydroxylation is 1. The van der Waals surface area contributed by atoms with Crippen molar-refractivity contribution < 1.29 is 27.1 Å². The Hall–Kier alpha value is -2.69. The number of nitrogens with zero attached hydrogens (tertiary/aromatic N) is 4. The van der Waals surface area contributed by atoms with Gasteiger partial charge in [-0.25, -0.2) is 9.37 Å². The summed E-state index contributed by atoms with van der Waals surface area (Å²) in [7, 11) is 1.80. The van der Waals surface area contributed by atoms with Gasteiger partial charge < -0.3 is 15.0 Å². The van der Waals surface area contributed by atoms with E-state index in [1.54, 1.807) is 24.0 Å². The Bertz CT molecular complexity index is 1070. The standard InChI is InChI=1S/C26H35F4N5O2/c1-18(26(28,29)30)37-24-4-3-20-7-12-35(13-8-22(20)33-24)14-11-25(27)9-5-21(6-10-25)32-23(36)15-19-16-31-34(2)17-19/h3-4,16-18,21H,5-15H2,1-2H3,(H,32,36)/t18-,21?,25?/m1/s1. The number of rotatable bonds is 8. The van der Waals surface area contributed by atoms with Gasteiger partial charge in [-0.15, -0.1) is 0 Å². The van der Waals surface area contributed by atoms with Gasteiger partial charge in [-0.05, 0) is 56.6 Å². The zero-order chi connectivity index (χ0) is 26.6. The summed E-state index contributed by atoms with van der Waals surface area (Å²) in [4.78, 5) is 18.8. The second-order valence-electron chi connectivity index (χ2n) is 10.3. The van der Waals surface area contributed by atoms with Crippen LogP contribution in [0.1, 0.15) is 55.8 Å². The highest BCUT2D eigenvalue weighted by Gasteiger charge is 2.38. The molecule has 0 unspecified atom stereocenters. The van der Waals surface area contributed by atoms with Crippen LogP contribution in [-0.4, -0.2) is 69.2 Å². The molecule has 204 valence electrons. The number of amides is 1. The monoisotopic (exact) mass is 525 g/mol. The Balaban J connectivity index is 1.21. The molecule has 1 aliphatic carbocycles. The molecule has 1 atom stereocenters. The lowest BCUT2D eigenvalue weighted by molar-refractivity contribution is -0.190. The van der Waals surface area contributed by atoms with E-state index < -0.39 is 17.9 Å². The van der Waals surface area contributed by atoms with Crippen molar-refractivity contribution in [2.75, 3.05) is 19.6 Å². The smallest absolute Gasteiger partial charge is 0.425 e. The van der Waals surface area contributed by atoms with Crippen molar-refractivity contribution >= 4 is 5.91 Å². The molecule has 0 bridgehead atoms. The SMILES string of the molecule is C[C@@H](Oc1ccc2c(n1)CCN(CCC1(F)CCC(NC(=O)Cc3cnn(C)c3)CC1)CC2)C(F)(F)F. The Kier molecular flexibility index (Phi) is 8.40. The number of nitrogens with one attached hydrogen (secondary N) is 1. The predicted molar refractivity (Wildman–Crippen MR) is 130 cm³/mol. The van der Waals surface area contributed by atoms with Crippen molar-refractivity contribution in [1.82, 2.24) is 25.0 Å². The molecular weight excluding hydrogens is 490 g/mol. The van der Waals surface area contributed by atoms with Crippen molar-refractivity contribution in [1.29, 1.82) is 0 Å². The molecule has 0 saturated heterocycles. The maximum Gasteiger partial charge on any atom is 0.425 e. The molecule has 2 aromatic heterocycles. The van der Waals surface area contributed by atoms with Crippen LogP contribution in [0.15, 0.2) is 24.5 Å². The number of carbonyl (C=O) groups excluding carboxylic acids is 1. The van der Waals surface area contributed by atoms with Crippen LogP contribution in [0.25, 0.3) is 0 Å². The lowest BCUT2D eigenvalue weighted by Crippen LogP contribution is -2.43. The number of pyridine rings is 1. The highest BCUT2D eigenvalue weighted by Crippen LogP contribution is 2.35. The number of hydrogen-bond donors (Lipinski definition) is 1. The van der Waals surface area contributed by atoms with E-state index in [-0.39, 0.29) is 24.2 Å². The van der Waals surface area contributed by atoms with Gasteiger partial charge in [-0.2, -0.15) is 18.3 Å². The van der Waals surface area contributed by atoms with Crippen LogP contribution < -0.4 is 10.1 Å². The summed E-state index contributed by atoms with van der Waals surface area (Å²) < 4.78 is 60.6. The van der Waals surface area contributed by atoms with Crippen molar-refractivity contribution in [2.24, 2.45) is 7.05 Å². The maximum atomic E-state index is 15.6. The van der Waals surface area contributed by atoms with Gasteiger partial charge in [0.15, 0.2) is 6.10 Å². The zero-order valence-corrected chi connectivity index (χ0v) is 21.4. The minimum Gasteiger partial charge on any atom is -0.465 e. The summed E-state index contributed by atoms with van der Waals surface area (Å²) in [5.41, 5.74) is 1.33. The van der Waals surface area contributed by atoms with Crippen molar-refractivity contribution in [3.8, 4) is 5.88 Å². The highest BCUT2D eigenvalue weighted by molar-refractivity contribution is 5.78. The average molecular weight is 526 g/mol. The molecule has 1 fully saturated rings. The molecular formula is C26H35F4N5O2. The van der Waals surface area contributed by atoms with Gasteiger partial charge in [0.2, 0.25) is 11.8 Å². The molecule has 1 amide bonds. The summed E-state index contributed by atoms with van der Waals surface area (Å²) in [6.45, 7) is 2.99. The van der Waals surface area contributed by atoms with Crippen molar-refractivity contribution in [2.45, 2.75) is 82.3 Å². The van der Waals surface area contributed by atoms with Gasteiger partial charge in [-0.3, -0.25) is 9.48 Å². The summed E-state index contributed by atoms with van der Waals surface area (Å²) in [6, 6.07) is 3.26. The Morgan fingerprint density at radius 2 is 1.97 bits per heavy atom. The Labute approximate surface area is 214 Å². The van der Waals surface area contributed by atoms with E-state index in [0.717, 1.165) is 30.3 Å². The van der Waals surface area contributed by atoms with Gasteiger partial charge >= 0.3 is 6.18 Å². The number of alkyl halides is 4. The minimum absolute atomic E-state index is 0.0108. The van der Waals surface area contributed by atoms with Crippen LogP contribution in [-0.2, 0) is 31.1 Å². The number of fused-ring (bicyclic) bond motifs is 1. The second-order valence-corrected chi connectivity index (χ2v) is 10.3. The lowest BCUT2D eigenvalue weighted by Gasteiger charge is -2.35. The van der Waals surface area contributed by atoms with Gasteiger partial charge in [0.1, 0.15) is 5.67 Å². The van der Waals surface area contributed by atoms with E-state index in [0.29, 0.717) is 58.0 Å². The van der Waals surface area contributed by atoms with E-state index >= 15 is 4.39 Å². The number of ether oxygens (including phenoxy) is 1. The number of carbonyl (C=O) groups is 1. The first-order valence-corrected chi connectivity index (χ1v) is 12.9. The fourth-order valence-electron chi connectivity index (χ4n) is 5.06. The van der Waals surface area contributed by atoms with E-state index in [1.807, 2.05) is 6.20 Å². The molecule has 37 heavy (non-hydrogen) atoms. The maximum absolute atomic E-state index is 15.6. The van der Waals surface area contributed by atoms with Crippen molar-refractivity contribution in [3.05, 3.63) is 41.3 Å². The van der Waals surface area contributed by atoms with Crippen LogP contribution >= 0.6 is 0 Å². The molecule has 0 aromatic carbocycles.